The molecule has 9 heteroatoms. The van der Waals surface area contributed by atoms with Gasteiger partial charge in [0, 0.05) is 26.2 Å². The summed E-state index contributed by atoms with van der Waals surface area (Å²) >= 11 is 0. The van der Waals surface area contributed by atoms with Crippen molar-refractivity contribution in [2.24, 2.45) is 0 Å². The molecule has 2 aliphatic heterocycles. The third-order valence-corrected chi connectivity index (χ3v) is 5.04. The summed E-state index contributed by atoms with van der Waals surface area (Å²) in [6, 6.07) is 0. The topological polar surface area (TPSA) is 85.5 Å². The van der Waals surface area contributed by atoms with E-state index in [2.05, 4.69) is 20.2 Å². The molecule has 0 radical (unpaired) electrons. The normalized spacial score (nSPS) is 17.8. The predicted octanol–water partition coefficient (Wildman–Crippen LogP) is 1.32. The molecule has 144 valence electrons. The van der Waals surface area contributed by atoms with E-state index in [9.17, 15) is 9.59 Å². The third kappa shape index (κ3) is 3.96. The summed E-state index contributed by atoms with van der Waals surface area (Å²) in [5, 5.41) is 12.6. The molecular weight excluding hydrogens is 348 g/mol. The number of carbonyl (C=O) groups is 2. The van der Waals surface area contributed by atoms with Crippen LogP contribution in [-0.2, 0) is 4.74 Å². The minimum atomic E-state index is -0.700. The minimum Gasteiger partial charge on any atom is -0.386 e. The van der Waals surface area contributed by atoms with E-state index in [0.29, 0.717) is 0 Å². The summed E-state index contributed by atoms with van der Waals surface area (Å²) in [7, 11) is 0. The molecule has 2 saturated heterocycles. The molecule has 0 unspecified atom stereocenters. The lowest BCUT2D eigenvalue weighted by Crippen LogP contribution is -2.39. The van der Waals surface area contributed by atoms with Crippen molar-refractivity contribution in [1.82, 2.24) is 19.8 Å². The summed E-state index contributed by atoms with van der Waals surface area (Å²) in [5.41, 5.74) is 0.523. The zero-order valence-corrected chi connectivity index (χ0v) is 15.3. The van der Waals surface area contributed by atoms with Crippen molar-refractivity contribution in [3.8, 4) is 0 Å². The lowest BCUT2D eigenvalue weighted by atomic mass is 10.2. The molecular formula is C18H24N6O3. The molecule has 2 aromatic rings. The molecule has 9 nitrogen and oxygen atoms in total. The number of hydrogen-bond donors (Lipinski definition) is 0. The van der Waals surface area contributed by atoms with Crippen LogP contribution in [0.2, 0.25) is 0 Å². The molecule has 0 saturated carbocycles. The molecule has 4 rings (SSSR count). The molecule has 0 amide bonds. The van der Waals surface area contributed by atoms with Gasteiger partial charge < -0.3 is 4.74 Å². The zero-order valence-electron chi connectivity index (χ0n) is 15.3. The minimum absolute atomic E-state index is 0.261. The van der Waals surface area contributed by atoms with E-state index in [1.54, 1.807) is 22.0 Å². The first-order chi connectivity index (χ1) is 13.2. The van der Waals surface area contributed by atoms with Gasteiger partial charge in [-0.1, -0.05) is 0 Å². The van der Waals surface area contributed by atoms with Gasteiger partial charge in [-0.05, 0) is 38.5 Å². The Morgan fingerprint density at radius 3 is 1.52 bits per heavy atom. The highest BCUT2D eigenvalue weighted by Gasteiger charge is 2.21. The summed E-state index contributed by atoms with van der Waals surface area (Å²) in [6.45, 7) is 3.63. The number of nitrogens with zero attached hydrogens (tertiary/aromatic N) is 6. The van der Waals surface area contributed by atoms with Crippen LogP contribution in [0.1, 0.15) is 59.2 Å². The van der Waals surface area contributed by atoms with E-state index in [4.69, 9.17) is 4.74 Å². The number of aromatic nitrogens is 4. The Balaban J connectivity index is 1.37. The molecule has 0 N–H and O–H groups in total. The number of rotatable bonds is 4. The van der Waals surface area contributed by atoms with Gasteiger partial charge >= 0.3 is 11.9 Å². The summed E-state index contributed by atoms with van der Waals surface area (Å²) in [5.74, 6) is -1.40. The number of ether oxygens (including phenoxy) is 1. The maximum atomic E-state index is 12.3. The van der Waals surface area contributed by atoms with Gasteiger partial charge in [0.25, 0.3) is 0 Å². The van der Waals surface area contributed by atoms with Gasteiger partial charge in [0.15, 0.2) is 0 Å². The number of esters is 2. The lowest BCUT2D eigenvalue weighted by Gasteiger charge is -2.28. The fraction of sp³-hybridized carbons (Fsp3) is 0.556. The Hall–Kier alpha value is -2.84. The highest BCUT2D eigenvalue weighted by atomic mass is 16.6. The second-order valence-electron chi connectivity index (χ2n) is 7.00. The van der Waals surface area contributed by atoms with E-state index in [-0.39, 0.29) is 11.1 Å². The Bertz CT molecular complexity index is 735. The monoisotopic (exact) mass is 372 g/mol. The van der Waals surface area contributed by atoms with Crippen LogP contribution >= 0.6 is 0 Å². The largest absolute Gasteiger partial charge is 0.386 e. The smallest absolute Gasteiger partial charge is 0.349 e. The Morgan fingerprint density at radius 2 is 1.11 bits per heavy atom. The first-order valence-electron chi connectivity index (χ1n) is 9.57. The summed E-state index contributed by atoms with van der Waals surface area (Å²) in [6.07, 6.45) is 13.0. The van der Waals surface area contributed by atoms with Crippen LogP contribution in [0, 0.1) is 0 Å². The van der Waals surface area contributed by atoms with Crippen molar-refractivity contribution in [3.05, 3.63) is 35.9 Å². The number of carbonyl (C=O) groups excluding carboxylic acids is 2. The van der Waals surface area contributed by atoms with E-state index in [1.807, 2.05) is 0 Å². The molecule has 2 aliphatic rings. The molecule has 27 heavy (non-hydrogen) atoms. The van der Waals surface area contributed by atoms with Gasteiger partial charge in [-0.2, -0.15) is 19.8 Å². The first-order valence-corrected chi connectivity index (χ1v) is 9.57. The van der Waals surface area contributed by atoms with Crippen LogP contribution in [0.4, 0.5) is 0 Å². The maximum absolute atomic E-state index is 12.3. The van der Waals surface area contributed by atoms with E-state index < -0.39 is 11.9 Å². The van der Waals surface area contributed by atoms with Crippen molar-refractivity contribution in [2.75, 3.05) is 36.2 Å². The highest BCUT2D eigenvalue weighted by molar-refractivity contribution is 6.02. The Labute approximate surface area is 157 Å². The molecule has 0 aromatic carbocycles. The van der Waals surface area contributed by atoms with Crippen LogP contribution in [0.5, 0.6) is 0 Å². The summed E-state index contributed by atoms with van der Waals surface area (Å²) < 4.78 is 5.00. The number of hydrogen-bond acceptors (Lipinski definition) is 7. The highest BCUT2D eigenvalue weighted by Crippen LogP contribution is 2.11. The Kier molecular flexibility index (Phi) is 5.08. The van der Waals surface area contributed by atoms with Gasteiger partial charge in [0.1, 0.15) is 11.1 Å². The predicted molar refractivity (Wildman–Crippen MR) is 97.8 cm³/mol. The van der Waals surface area contributed by atoms with Crippen molar-refractivity contribution in [3.63, 3.8) is 0 Å². The van der Waals surface area contributed by atoms with Crippen LogP contribution in [-0.4, -0.2) is 57.9 Å². The maximum Gasteiger partial charge on any atom is 0.349 e. The summed E-state index contributed by atoms with van der Waals surface area (Å²) in [4.78, 5) is 27.9. The second-order valence-corrected chi connectivity index (χ2v) is 7.00. The first kappa shape index (κ1) is 17.6. The fourth-order valence-corrected chi connectivity index (χ4v) is 3.51. The quantitative estimate of drug-likeness (QED) is 0.591. The van der Waals surface area contributed by atoms with Crippen LogP contribution in [0.25, 0.3) is 0 Å². The van der Waals surface area contributed by atoms with Gasteiger partial charge in [-0.3, -0.25) is 10.0 Å². The van der Waals surface area contributed by atoms with Crippen molar-refractivity contribution in [1.29, 1.82) is 0 Å². The van der Waals surface area contributed by atoms with Crippen LogP contribution in [0.15, 0.2) is 24.8 Å². The van der Waals surface area contributed by atoms with Gasteiger partial charge in [0.05, 0.1) is 24.8 Å². The van der Waals surface area contributed by atoms with E-state index in [1.165, 1.54) is 25.2 Å². The molecule has 0 bridgehead atoms. The fourth-order valence-electron chi connectivity index (χ4n) is 3.51. The molecule has 2 aromatic heterocycles. The zero-order chi connectivity index (χ0) is 18.6. The molecule has 0 atom stereocenters. The average Bonchev–Trinajstić information content (AvgIpc) is 3.39. The third-order valence-electron chi connectivity index (χ3n) is 5.04. The molecule has 2 fully saturated rings. The van der Waals surface area contributed by atoms with Crippen molar-refractivity contribution >= 4 is 11.9 Å². The van der Waals surface area contributed by atoms with Gasteiger partial charge in [0.2, 0.25) is 0 Å². The molecule has 0 aliphatic carbocycles. The van der Waals surface area contributed by atoms with Crippen LogP contribution in [0.3, 0.4) is 0 Å². The van der Waals surface area contributed by atoms with Crippen molar-refractivity contribution in [2.45, 2.75) is 38.5 Å². The van der Waals surface area contributed by atoms with Crippen LogP contribution < -0.4 is 10.0 Å². The SMILES string of the molecule is O=C(OC(=O)c1cnn(N2CCCCC2)c1)c1cnn(N2CCCCC2)c1. The van der Waals surface area contributed by atoms with E-state index >= 15 is 0 Å². The second kappa shape index (κ2) is 7.81. The molecule has 0 spiro atoms. The Morgan fingerprint density at radius 1 is 0.704 bits per heavy atom. The average molecular weight is 372 g/mol. The van der Waals surface area contributed by atoms with Gasteiger partial charge in [-0.15, -0.1) is 0 Å². The van der Waals surface area contributed by atoms with Gasteiger partial charge in [-0.25, -0.2) is 9.59 Å². The molecule has 4 heterocycles. The number of piperidine rings is 2. The lowest BCUT2D eigenvalue weighted by molar-refractivity contribution is 0.0397. The van der Waals surface area contributed by atoms with E-state index in [0.717, 1.165) is 51.9 Å². The van der Waals surface area contributed by atoms with Crippen molar-refractivity contribution < 1.29 is 14.3 Å². The standard InChI is InChI=1S/C18H24N6O3/c25-17(15-11-19-23(13-15)21-7-3-1-4-8-21)27-18(26)16-12-20-24(14-16)22-9-5-2-6-10-22/h11-14H,1-10H2.